The molecule has 0 aliphatic carbocycles. The fraction of sp³-hybridized carbons (Fsp3) is 0.909. The van der Waals surface area contributed by atoms with E-state index in [1.54, 1.807) is 7.11 Å². The molecule has 114 valence electrons. The van der Waals surface area contributed by atoms with Gasteiger partial charge in [0.05, 0.1) is 50.5 Å². The molecule has 0 aliphatic heterocycles. The lowest BCUT2D eigenvalue weighted by atomic mass is 10.2. The Hall–Kier alpha value is -0.700. The van der Waals surface area contributed by atoms with Crippen molar-refractivity contribution < 1.29 is 32.5 Å². The first kappa shape index (κ1) is 18.3. The van der Waals surface area contributed by atoms with E-state index in [4.69, 9.17) is 19.3 Å². The minimum atomic E-state index is -3.39. The Morgan fingerprint density at radius 3 is 2.16 bits per heavy atom. The summed E-state index contributed by atoms with van der Waals surface area (Å²) in [5.41, 5.74) is 0. The van der Waals surface area contributed by atoms with Gasteiger partial charge in [-0.3, -0.25) is 4.79 Å². The third-order valence-electron chi connectivity index (χ3n) is 2.27. The average Bonchev–Trinajstić information content (AvgIpc) is 2.31. The monoisotopic (exact) mass is 298 g/mol. The molecule has 0 aromatic heterocycles. The van der Waals surface area contributed by atoms with Crippen LogP contribution in [0.2, 0.25) is 0 Å². The summed E-state index contributed by atoms with van der Waals surface area (Å²) in [6.07, 6.45) is 0. The largest absolute Gasteiger partial charge is 0.481 e. The van der Waals surface area contributed by atoms with Crippen LogP contribution in [0.1, 0.15) is 6.92 Å². The predicted molar refractivity (Wildman–Crippen MR) is 69.0 cm³/mol. The van der Waals surface area contributed by atoms with E-state index in [-0.39, 0.29) is 18.1 Å². The van der Waals surface area contributed by atoms with Crippen LogP contribution in [-0.4, -0.2) is 71.1 Å². The van der Waals surface area contributed by atoms with E-state index in [1.165, 1.54) is 6.92 Å². The van der Waals surface area contributed by atoms with Crippen LogP contribution in [0, 0.1) is 5.92 Å². The maximum atomic E-state index is 11.5. The van der Waals surface area contributed by atoms with Crippen LogP contribution in [-0.2, 0) is 28.8 Å². The number of methoxy groups -OCH3 is 1. The molecule has 0 radical (unpaired) electrons. The Kier molecular flexibility index (Phi) is 9.76. The van der Waals surface area contributed by atoms with Crippen molar-refractivity contribution in [1.82, 2.24) is 0 Å². The quantitative estimate of drug-likeness (QED) is 0.498. The third-order valence-corrected chi connectivity index (χ3v) is 4.06. The van der Waals surface area contributed by atoms with Gasteiger partial charge in [-0.25, -0.2) is 8.42 Å². The first-order valence-corrected chi connectivity index (χ1v) is 7.79. The number of sulfone groups is 1. The van der Waals surface area contributed by atoms with Crippen molar-refractivity contribution in [3.63, 3.8) is 0 Å². The second-order valence-electron chi connectivity index (χ2n) is 4.07. The number of rotatable bonds is 12. The van der Waals surface area contributed by atoms with Crippen LogP contribution >= 0.6 is 0 Å². The maximum Gasteiger partial charge on any atom is 0.307 e. The smallest absolute Gasteiger partial charge is 0.307 e. The molecule has 0 aromatic carbocycles. The molecular weight excluding hydrogens is 276 g/mol. The zero-order chi connectivity index (χ0) is 14.7. The molecule has 0 aliphatic rings. The number of carboxylic acid groups (broad SMARTS) is 1. The van der Waals surface area contributed by atoms with Crippen molar-refractivity contribution in [3.05, 3.63) is 0 Å². The van der Waals surface area contributed by atoms with E-state index in [0.717, 1.165) is 0 Å². The molecule has 0 saturated heterocycles. The number of ether oxygens (including phenoxy) is 3. The Balaban J connectivity index is 3.62. The van der Waals surface area contributed by atoms with E-state index in [2.05, 4.69) is 0 Å². The molecule has 0 aromatic rings. The van der Waals surface area contributed by atoms with Gasteiger partial charge in [-0.15, -0.1) is 0 Å². The van der Waals surface area contributed by atoms with Gasteiger partial charge in [0.25, 0.3) is 0 Å². The molecule has 0 amide bonds. The molecular formula is C11H22O7S. The van der Waals surface area contributed by atoms with Crippen molar-refractivity contribution in [2.75, 3.05) is 51.6 Å². The van der Waals surface area contributed by atoms with Gasteiger partial charge in [0, 0.05) is 7.11 Å². The van der Waals surface area contributed by atoms with Crippen molar-refractivity contribution in [2.24, 2.45) is 5.92 Å². The van der Waals surface area contributed by atoms with E-state index >= 15 is 0 Å². The normalized spacial score (nSPS) is 13.4. The van der Waals surface area contributed by atoms with Gasteiger partial charge in [-0.2, -0.15) is 0 Å². The van der Waals surface area contributed by atoms with Crippen LogP contribution in [0.15, 0.2) is 0 Å². The first-order chi connectivity index (χ1) is 8.89. The summed E-state index contributed by atoms with van der Waals surface area (Å²) in [7, 11) is -1.82. The van der Waals surface area contributed by atoms with Crippen LogP contribution in [0.25, 0.3) is 0 Å². The van der Waals surface area contributed by atoms with Crippen molar-refractivity contribution in [3.8, 4) is 0 Å². The topological polar surface area (TPSA) is 99.1 Å². The van der Waals surface area contributed by atoms with E-state index in [1.807, 2.05) is 0 Å². The summed E-state index contributed by atoms with van der Waals surface area (Å²) in [5.74, 6) is -2.56. The first-order valence-electron chi connectivity index (χ1n) is 5.96. The van der Waals surface area contributed by atoms with Gasteiger partial charge in [0.1, 0.15) is 0 Å². The Morgan fingerprint density at radius 2 is 1.63 bits per heavy atom. The van der Waals surface area contributed by atoms with Crippen LogP contribution < -0.4 is 0 Å². The highest BCUT2D eigenvalue weighted by Crippen LogP contribution is 2.02. The molecule has 0 fully saturated rings. The van der Waals surface area contributed by atoms with Gasteiger partial charge in [0.2, 0.25) is 0 Å². The van der Waals surface area contributed by atoms with Gasteiger partial charge in [-0.1, -0.05) is 6.92 Å². The summed E-state index contributed by atoms with van der Waals surface area (Å²) in [6, 6.07) is 0. The third kappa shape index (κ3) is 10.9. The summed E-state index contributed by atoms with van der Waals surface area (Å²) in [4.78, 5) is 10.6. The Morgan fingerprint density at radius 1 is 1.11 bits per heavy atom. The fourth-order valence-corrected chi connectivity index (χ4v) is 2.63. The van der Waals surface area contributed by atoms with Crippen LogP contribution in [0.5, 0.6) is 0 Å². The summed E-state index contributed by atoms with van der Waals surface area (Å²) >= 11 is 0. The highest BCUT2D eigenvalue weighted by molar-refractivity contribution is 7.91. The zero-order valence-electron chi connectivity index (χ0n) is 11.3. The SMILES string of the molecule is COCCOCCOCCS(=O)(=O)CC(C)C(=O)O. The molecule has 1 unspecified atom stereocenters. The Labute approximate surface area is 113 Å². The molecule has 0 spiro atoms. The van der Waals surface area contributed by atoms with E-state index < -0.39 is 21.7 Å². The second kappa shape index (κ2) is 10.1. The summed E-state index contributed by atoms with van der Waals surface area (Å²) in [6.45, 7) is 3.05. The van der Waals surface area contributed by atoms with Crippen molar-refractivity contribution in [1.29, 1.82) is 0 Å². The minimum absolute atomic E-state index is 0.0440. The molecule has 0 saturated carbocycles. The molecule has 19 heavy (non-hydrogen) atoms. The lowest BCUT2D eigenvalue weighted by Gasteiger charge is -2.08. The number of carbonyl (C=O) groups is 1. The average molecular weight is 298 g/mol. The van der Waals surface area contributed by atoms with Crippen LogP contribution in [0.3, 0.4) is 0 Å². The molecule has 0 heterocycles. The van der Waals surface area contributed by atoms with Crippen molar-refractivity contribution >= 4 is 15.8 Å². The zero-order valence-corrected chi connectivity index (χ0v) is 12.1. The molecule has 0 bridgehead atoms. The maximum absolute atomic E-state index is 11.5. The van der Waals surface area contributed by atoms with Gasteiger partial charge in [0.15, 0.2) is 9.84 Å². The lowest BCUT2D eigenvalue weighted by Crippen LogP contribution is -2.25. The van der Waals surface area contributed by atoms with Gasteiger partial charge < -0.3 is 19.3 Å². The summed E-state index contributed by atoms with van der Waals surface area (Å²) in [5, 5.41) is 8.64. The molecule has 8 heteroatoms. The standard InChI is InChI=1S/C11H22O7S/c1-10(11(12)13)9-19(14,15)8-7-18-6-5-17-4-3-16-2/h10H,3-9H2,1-2H3,(H,12,13). The van der Waals surface area contributed by atoms with Gasteiger partial charge >= 0.3 is 5.97 Å². The number of hydrogen-bond donors (Lipinski definition) is 1. The molecule has 1 N–H and O–H groups in total. The molecule has 7 nitrogen and oxygen atoms in total. The Bertz CT molecular complexity index is 339. The van der Waals surface area contributed by atoms with Gasteiger partial charge in [-0.05, 0) is 0 Å². The highest BCUT2D eigenvalue weighted by atomic mass is 32.2. The number of aliphatic carboxylic acids is 1. The lowest BCUT2D eigenvalue weighted by molar-refractivity contribution is -0.140. The second-order valence-corrected chi connectivity index (χ2v) is 6.30. The summed E-state index contributed by atoms with van der Waals surface area (Å²) < 4.78 is 38.1. The van der Waals surface area contributed by atoms with Crippen molar-refractivity contribution in [2.45, 2.75) is 6.92 Å². The highest BCUT2D eigenvalue weighted by Gasteiger charge is 2.20. The fourth-order valence-electron chi connectivity index (χ4n) is 1.19. The minimum Gasteiger partial charge on any atom is -0.481 e. The molecule has 1 atom stereocenters. The predicted octanol–water partition coefficient (Wildman–Crippen LogP) is -0.198. The van der Waals surface area contributed by atoms with Crippen LogP contribution in [0.4, 0.5) is 0 Å². The molecule has 0 rings (SSSR count). The number of hydrogen-bond acceptors (Lipinski definition) is 6. The van der Waals surface area contributed by atoms with E-state index in [9.17, 15) is 13.2 Å². The number of carboxylic acids is 1. The van der Waals surface area contributed by atoms with E-state index in [0.29, 0.717) is 26.4 Å².